The second kappa shape index (κ2) is 5.78. The highest BCUT2D eigenvalue weighted by Gasteiger charge is 2.12. The lowest BCUT2D eigenvalue weighted by Gasteiger charge is -2.28. The van der Waals surface area contributed by atoms with Crippen LogP contribution in [-0.4, -0.2) is 37.9 Å². The predicted molar refractivity (Wildman–Crippen MR) is 62.8 cm³/mol. The molecule has 0 radical (unpaired) electrons. The summed E-state index contributed by atoms with van der Waals surface area (Å²) >= 11 is 5.77. The first kappa shape index (κ1) is 12.1. The van der Waals surface area contributed by atoms with E-state index in [1.807, 2.05) is 0 Å². The van der Waals surface area contributed by atoms with Crippen molar-refractivity contribution in [3.8, 4) is 0 Å². The topological polar surface area (TPSA) is 50.8 Å². The summed E-state index contributed by atoms with van der Waals surface area (Å²) in [5.74, 6) is 0.746. The zero-order valence-corrected chi connectivity index (χ0v) is 9.63. The summed E-state index contributed by atoms with van der Waals surface area (Å²) in [6.07, 6.45) is 1.74. The van der Waals surface area contributed by atoms with Gasteiger partial charge in [-0.25, -0.2) is 4.99 Å². The molecule has 0 aromatic heterocycles. The van der Waals surface area contributed by atoms with Crippen LogP contribution in [0, 0.1) is 0 Å². The van der Waals surface area contributed by atoms with Crippen molar-refractivity contribution in [1.29, 1.82) is 0 Å². The van der Waals surface area contributed by atoms with Crippen LogP contribution in [0.5, 0.6) is 0 Å². The molecule has 0 amide bonds. The number of hydrogen-bond acceptors (Lipinski definition) is 4. The van der Waals surface area contributed by atoms with Crippen LogP contribution in [0.25, 0.3) is 0 Å². The summed E-state index contributed by atoms with van der Waals surface area (Å²) in [6, 6.07) is 0. The van der Waals surface area contributed by atoms with Crippen molar-refractivity contribution < 1.29 is 4.74 Å². The fourth-order valence-electron chi connectivity index (χ4n) is 1.27. The van der Waals surface area contributed by atoms with Gasteiger partial charge in [0.25, 0.3) is 0 Å². The van der Waals surface area contributed by atoms with E-state index in [1.54, 1.807) is 13.0 Å². The normalized spacial score (nSPS) is 19.9. The quantitative estimate of drug-likeness (QED) is 0.586. The SMILES string of the molecule is C=N/C(=C\C(N)=C(/C)Cl)N1CCOCC1. The Kier molecular flexibility index (Phi) is 4.65. The van der Waals surface area contributed by atoms with Gasteiger partial charge in [-0.2, -0.15) is 0 Å². The molecular formula is C10H16ClN3O. The van der Waals surface area contributed by atoms with Crippen LogP contribution in [0.15, 0.2) is 27.6 Å². The van der Waals surface area contributed by atoms with Crippen LogP contribution in [-0.2, 0) is 4.74 Å². The number of nitrogens with two attached hydrogens (primary N) is 1. The molecule has 5 heteroatoms. The van der Waals surface area contributed by atoms with E-state index in [2.05, 4.69) is 16.6 Å². The smallest absolute Gasteiger partial charge is 0.129 e. The molecule has 0 atom stereocenters. The molecule has 1 aliphatic heterocycles. The van der Waals surface area contributed by atoms with Gasteiger partial charge in [0.15, 0.2) is 0 Å². The number of allylic oxidation sites excluding steroid dienone is 2. The maximum atomic E-state index is 5.77. The van der Waals surface area contributed by atoms with Gasteiger partial charge in [-0.05, 0) is 13.6 Å². The van der Waals surface area contributed by atoms with Crippen LogP contribution in [0.1, 0.15) is 6.92 Å². The van der Waals surface area contributed by atoms with E-state index in [4.69, 9.17) is 22.1 Å². The van der Waals surface area contributed by atoms with E-state index in [9.17, 15) is 0 Å². The minimum absolute atomic E-state index is 0.519. The monoisotopic (exact) mass is 229 g/mol. The summed E-state index contributed by atoms with van der Waals surface area (Å²) < 4.78 is 5.25. The maximum absolute atomic E-state index is 5.77. The molecule has 0 aromatic rings. The van der Waals surface area contributed by atoms with Crippen molar-refractivity contribution in [2.45, 2.75) is 6.92 Å². The van der Waals surface area contributed by atoms with Gasteiger partial charge in [-0.1, -0.05) is 11.6 Å². The van der Waals surface area contributed by atoms with Crippen molar-refractivity contribution in [3.05, 3.63) is 22.6 Å². The molecule has 2 N–H and O–H groups in total. The molecule has 1 rings (SSSR count). The summed E-state index contributed by atoms with van der Waals surface area (Å²) in [5, 5.41) is 0.560. The van der Waals surface area contributed by atoms with Gasteiger partial charge < -0.3 is 15.4 Å². The van der Waals surface area contributed by atoms with Crippen LogP contribution in [0.3, 0.4) is 0 Å². The van der Waals surface area contributed by atoms with Crippen molar-refractivity contribution >= 4 is 18.3 Å². The number of ether oxygens (including phenoxy) is 1. The van der Waals surface area contributed by atoms with Gasteiger partial charge in [-0.3, -0.25) is 0 Å². The number of rotatable bonds is 3. The molecular weight excluding hydrogens is 214 g/mol. The zero-order chi connectivity index (χ0) is 11.3. The second-order valence-corrected chi connectivity index (χ2v) is 3.82. The minimum atomic E-state index is 0.519. The Bertz CT molecular complexity index is 289. The Hall–Kier alpha value is -1.00. The number of halogens is 1. The Morgan fingerprint density at radius 2 is 2.13 bits per heavy atom. The van der Waals surface area contributed by atoms with Crippen LogP contribution in [0.2, 0.25) is 0 Å². The molecule has 0 unspecified atom stereocenters. The first-order valence-corrected chi connectivity index (χ1v) is 5.16. The fourth-order valence-corrected chi connectivity index (χ4v) is 1.32. The van der Waals surface area contributed by atoms with Crippen molar-refractivity contribution in [1.82, 2.24) is 4.90 Å². The van der Waals surface area contributed by atoms with E-state index in [0.29, 0.717) is 23.9 Å². The van der Waals surface area contributed by atoms with Crippen LogP contribution in [0.4, 0.5) is 0 Å². The standard InChI is InChI=1S/C10H16ClN3O/c1-8(11)9(12)7-10(13-2)14-3-5-15-6-4-14/h7H,2-6,12H2,1H3/b9-8-,10-7+. The van der Waals surface area contributed by atoms with Gasteiger partial charge in [0, 0.05) is 29.9 Å². The molecule has 84 valence electrons. The van der Waals surface area contributed by atoms with E-state index >= 15 is 0 Å². The van der Waals surface area contributed by atoms with E-state index in [0.717, 1.165) is 18.9 Å². The molecule has 15 heavy (non-hydrogen) atoms. The molecule has 1 fully saturated rings. The Morgan fingerprint density at radius 3 is 2.60 bits per heavy atom. The van der Waals surface area contributed by atoms with E-state index in [-0.39, 0.29) is 0 Å². The highest BCUT2D eigenvalue weighted by Crippen LogP contribution is 2.12. The molecule has 0 aliphatic carbocycles. The lowest BCUT2D eigenvalue weighted by molar-refractivity contribution is 0.0532. The second-order valence-electron chi connectivity index (χ2n) is 3.25. The van der Waals surface area contributed by atoms with E-state index < -0.39 is 0 Å². The predicted octanol–water partition coefficient (Wildman–Crippen LogP) is 1.29. The highest BCUT2D eigenvalue weighted by atomic mass is 35.5. The number of hydrogen-bond donors (Lipinski definition) is 1. The van der Waals surface area contributed by atoms with Gasteiger partial charge in [-0.15, -0.1) is 0 Å². The van der Waals surface area contributed by atoms with Crippen molar-refractivity contribution in [3.63, 3.8) is 0 Å². The Morgan fingerprint density at radius 1 is 1.53 bits per heavy atom. The largest absolute Gasteiger partial charge is 0.398 e. The minimum Gasteiger partial charge on any atom is -0.398 e. The van der Waals surface area contributed by atoms with Gasteiger partial charge in [0.2, 0.25) is 0 Å². The molecule has 0 saturated carbocycles. The summed E-state index contributed by atoms with van der Waals surface area (Å²) in [5.41, 5.74) is 6.24. The molecule has 1 heterocycles. The molecule has 1 aliphatic rings. The van der Waals surface area contributed by atoms with Gasteiger partial charge >= 0.3 is 0 Å². The van der Waals surface area contributed by atoms with Crippen LogP contribution < -0.4 is 5.73 Å². The third-order valence-corrected chi connectivity index (χ3v) is 2.40. The molecule has 0 spiro atoms. The summed E-state index contributed by atoms with van der Waals surface area (Å²) in [7, 11) is 0. The summed E-state index contributed by atoms with van der Waals surface area (Å²) in [6.45, 7) is 8.29. The van der Waals surface area contributed by atoms with Gasteiger partial charge in [0.05, 0.1) is 13.2 Å². The first-order chi connectivity index (χ1) is 7.15. The molecule has 0 aromatic carbocycles. The average Bonchev–Trinajstić information content (AvgIpc) is 2.26. The number of aliphatic imine (C=N–C) groups is 1. The molecule has 1 saturated heterocycles. The maximum Gasteiger partial charge on any atom is 0.129 e. The number of nitrogens with zero attached hydrogens (tertiary/aromatic N) is 2. The zero-order valence-electron chi connectivity index (χ0n) is 8.87. The Labute approximate surface area is 95.1 Å². The van der Waals surface area contributed by atoms with Gasteiger partial charge in [0.1, 0.15) is 5.82 Å². The highest BCUT2D eigenvalue weighted by molar-refractivity contribution is 6.29. The van der Waals surface area contributed by atoms with Crippen molar-refractivity contribution in [2.75, 3.05) is 26.3 Å². The third kappa shape index (κ3) is 3.57. The lowest BCUT2D eigenvalue weighted by Crippen LogP contribution is -2.35. The fraction of sp³-hybridized carbons (Fsp3) is 0.500. The van der Waals surface area contributed by atoms with Crippen LogP contribution >= 0.6 is 11.6 Å². The average molecular weight is 230 g/mol. The number of morpholine rings is 1. The first-order valence-electron chi connectivity index (χ1n) is 4.78. The van der Waals surface area contributed by atoms with Crippen molar-refractivity contribution in [2.24, 2.45) is 10.7 Å². The third-order valence-electron chi connectivity index (χ3n) is 2.18. The summed E-state index contributed by atoms with van der Waals surface area (Å²) in [4.78, 5) is 6.02. The molecule has 4 nitrogen and oxygen atoms in total. The Balaban J connectivity index is 2.77. The van der Waals surface area contributed by atoms with E-state index in [1.165, 1.54) is 0 Å². The lowest BCUT2D eigenvalue weighted by atomic mass is 10.3. The molecule has 0 bridgehead atoms.